The Morgan fingerprint density at radius 1 is 0.929 bits per heavy atom. The van der Waals surface area contributed by atoms with Crippen LogP contribution in [0.25, 0.3) is 11.0 Å². The molecule has 0 aliphatic heterocycles. The highest BCUT2D eigenvalue weighted by molar-refractivity contribution is 5.79. The molecule has 0 amide bonds. The summed E-state index contributed by atoms with van der Waals surface area (Å²) in [5.74, 6) is -0.175. The third-order valence-corrected chi connectivity index (χ3v) is 4.29. The highest BCUT2D eigenvalue weighted by Crippen LogP contribution is 2.32. The van der Waals surface area contributed by atoms with E-state index in [1.54, 1.807) is 18.6 Å². The molecule has 4 aromatic heterocycles. The van der Waals surface area contributed by atoms with Crippen molar-refractivity contribution in [3.63, 3.8) is 0 Å². The third kappa shape index (κ3) is 3.68. The predicted molar refractivity (Wildman–Crippen MR) is 92.9 cm³/mol. The van der Waals surface area contributed by atoms with Gasteiger partial charge in [-0.15, -0.1) is 0 Å². The standard InChI is InChI=1S/C19H13F4N5/c20-14-5-15-12(9-27-18(15)28-10-14)3-11-6-25-17(26-7-11)4-13-8-24-2-1-16(13)19(21,22)23/h1-2,5-10H,3-4H2,(H,27,28). The van der Waals surface area contributed by atoms with E-state index in [2.05, 4.69) is 24.9 Å². The van der Waals surface area contributed by atoms with Crippen LogP contribution in [0.1, 0.15) is 28.1 Å². The van der Waals surface area contributed by atoms with Gasteiger partial charge in [0, 0.05) is 49.2 Å². The van der Waals surface area contributed by atoms with Crippen molar-refractivity contribution in [2.75, 3.05) is 0 Å². The Morgan fingerprint density at radius 2 is 1.71 bits per heavy atom. The molecule has 0 unspecified atom stereocenters. The Morgan fingerprint density at radius 3 is 2.46 bits per heavy atom. The van der Waals surface area contributed by atoms with Gasteiger partial charge in [0.15, 0.2) is 0 Å². The van der Waals surface area contributed by atoms with Crippen LogP contribution in [-0.4, -0.2) is 24.9 Å². The van der Waals surface area contributed by atoms with Crippen LogP contribution in [0.3, 0.4) is 0 Å². The molecule has 0 aromatic carbocycles. The van der Waals surface area contributed by atoms with Crippen molar-refractivity contribution in [1.29, 1.82) is 0 Å². The van der Waals surface area contributed by atoms with Gasteiger partial charge in [0.25, 0.3) is 0 Å². The molecule has 0 atom stereocenters. The Hall–Kier alpha value is -3.36. The average molecular weight is 387 g/mol. The molecule has 0 fully saturated rings. The number of alkyl halides is 3. The summed E-state index contributed by atoms with van der Waals surface area (Å²) in [5.41, 5.74) is 1.41. The zero-order valence-corrected chi connectivity index (χ0v) is 14.3. The molecule has 0 saturated carbocycles. The summed E-state index contributed by atoms with van der Waals surface area (Å²) in [7, 11) is 0. The molecule has 5 nitrogen and oxygen atoms in total. The first-order valence-electron chi connectivity index (χ1n) is 8.31. The fourth-order valence-electron chi connectivity index (χ4n) is 2.98. The Bertz CT molecular complexity index is 1120. The lowest BCUT2D eigenvalue weighted by Gasteiger charge is -2.11. The smallest absolute Gasteiger partial charge is 0.346 e. The van der Waals surface area contributed by atoms with Gasteiger partial charge in [0.1, 0.15) is 17.3 Å². The number of pyridine rings is 2. The van der Waals surface area contributed by atoms with E-state index < -0.39 is 17.6 Å². The van der Waals surface area contributed by atoms with Crippen LogP contribution in [0.15, 0.2) is 49.3 Å². The lowest BCUT2D eigenvalue weighted by Crippen LogP contribution is -2.11. The van der Waals surface area contributed by atoms with Crippen molar-refractivity contribution in [1.82, 2.24) is 24.9 Å². The zero-order valence-electron chi connectivity index (χ0n) is 14.3. The van der Waals surface area contributed by atoms with Gasteiger partial charge in [-0.05, 0) is 28.8 Å². The summed E-state index contributed by atoms with van der Waals surface area (Å²) in [4.78, 5) is 19.0. The molecule has 4 aromatic rings. The molecular formula is C19H13F4N5. The van der Waals surface area contributed by atoms with E-state index >= 15 is 0 Å². The van der Waals surface area contributed by atoms with E-state index in [9.17, 15) is 17.6 Å². The first-order valence-corrected chi connectivity index (χ1v) is 8.31. The number of hydrogen-bond donors (Lipinski definition) is 1. The van der Waals surface area contributed by atoms with Crippen LogP contribution in [0.4, 0.5) is 17.6 Å². The Labute approximate surface area is 156 Å². The molecule has 4 rings (SSSR count). The maximum absolute atomic E-state index is 13.4. The molecule has 0 saturated heterocycles. The predicted octanol–water partition coefficient (Wildman–Crippen LogP) is 4.09. The molecule has 0 aliphatic rings. The first-order chi connectivity index (χ1) is 13.4. The van der Waals surface area contributed by atoms with Crippen molar-refractivity contribution in [3.8, 4) is 0 Å². The molecular weight excluding hydrogens is 374 g/mol. The molecule has 9 heteroatoms. The Balaban J connectivity index is 1.54. The summed E-state index contributed by atoms with van der Waals surface area (Å²) in [6.07, 6.45) is 4.15. The molecule has 0 radical (unpaired) electrons. The van der Waals surface area contributed by atoms with Gasteiger partial charge in [-0.3, -0.25) is 4.98 Å². The van der Waals surface area contributed by atoms with Crippen molar-refractivity contribution in [2.45, 2.75) is 19.0 Å². The van der Waals surface area contributed by atoms with E-state index in [4.69, 9.17) is 0 Å². The minimum atomic E-state index is -4.46. The van der Waals surface area contributed by atoms with E-state index in [0.717, 1.165) is 29.6 Å². The van der Waals surface area contributed by atoms with Crippen molar-refractivity contribution in [3.05, 3.63) is 83.2 Å². The highest BCUT2D eigenvalue weighted by Gasteiger charge is 2.33. The summed E-state index contributed by atoms with van der Waals surface area (Å²) in [6, 6.07) is 2.33. The van der Waals surface area contributed by atoms with Gasteiger partial charge < -0.3 is 4.98 Å². The quantitative estimate of drug-likeness (QED) is 0.536. The number of nitrogens with zero attached hydrogens (tertiary/aromatic N) is 4. The average Bonchev–Trinajstić information content (AvgIpc) is 3.05. The fraction of sp³-hybridized carbons (Fsp3) is 0.158. The van der Waals surface area contributed by atoms with Crippen molar-refractivity contribution >= 4 is 11.0 Å². The van der Waals surface area contributed by atoms with E-state index in [1.807, 2.05) is 0 Å². The molecule has 4 heterocycles. The van der Waals surface area contributed by atoms with Gasteiger partial charge in [0.05, 0.1) is 11.8 Å². The molecule has 0 bridgehead atoms. The highest BCUT2D eigenvalue weighted by atomic mass is 19.4. The summed E-state index contributed by atoms with van der Waals surface area (Å²) >= 11 is 0. The molecule has 28 heavy (non-hydrogen) atoms. The minimum Gasteiger partial charge on any atom is -0.346 e. The number of halogens is 4. The normalized spacial score (nSPS) is 11.9. The SMILES string of the molecule is Fc1cnc2[nH]cc(Cc3cnc(Cc4cnccc4C(F)(F)F)nc3)c2c1. The number of aromatic amines is 1. The van der Waals surface area contributed by atoms with Crippen LogP contribution in [0, 0.1) is 5.82 Å². The largest absolute Gasteiger partial charge is 0.416 e. The number of rotatable bonds is 4. The van der Waals surface area contributed by atoms with Crippen molar-refractivity contribution in [2.24, 2.45) is 0 Å². The van der Waals surface area contributed by atoms with Crippen molar-refractivity contribution < 1.29 is 17.6 Å². The van der Waals surface area contributed by atoms with Crippen LogP contribution in [-0.2, 0) is 19.0 Å². The van der Waals surface area contributed by atoms with Crippen LogP contribution < -0.4 is 0 Å². The van der Waals surface area contributed by atoms with Gasteiger partial charge in [-0.1, -0.05) is 0 Å². The Kier molecular flexibility index (Phi) is 4.50. The molecule has 0 aliphatic carbocycles. The van der Waals surface area contributed by atoms with Gasteiger partial charge in [-0.25, -0.2) is 19.3 Å². The third-order valence-electron chi connectivity index (χ3n) is 4.29. The maximum Gasteiger partial charge on any atom is 0.416 e. The number of nitrogens with one attached hydrogen (secondary N) is 1. The van der Waals surface area contributed by atoms with Crippen LogP contribution in [0.2, 0.25) is 0 Å². The van der Waals surface area contributed by atoms with E-state index in [0.29, 0.717) is 17.5 Å². The van der Waals surface area contributed by atoms with E-state index in [-0.39, 0.29) is 17.8 Å². The fourth-order valence-corrected chi connectivity index (χ4v) is 2.98. The van der Waals surface area contributed by atoms with Gasteiger partial charge >= 0.3 is 6.18 Å². The van der Waals surface area contributed by atoms with Crippen LogP contribution in [0.5, 0.6) is 0 Å². The number of H-pyrrole nitrogens is 1. The maximum atomic E-state index is 13.4. The lowest BCUT2D eigenvalue weighted by molar-refractivity contribution is -0.138. The lowest BCUT2D eigenvalue weighted by atomic mass is 10.1. The van der Waals surface area contributed by atoms with Crippen LogP contribution >= 0.6 is 0 Å². The summed E-state index contributed by atoms with van der Waals surface area (Å²) in [6.45, 7) is 0. The summed E-state index contributed by atoms with van der Waals surface area (Å²) < 4.78 is 52.7. The molecule has 1 N–H and O–H groups in total. The molecule has 0 spiro atoms. The second-order valence-electron chi connectivity index (χ2n) is 6.26. The second-order valence-corrected chi connectivity index (χ2v) is 6.26. The monoisotopic (exact) mass is 387 g/mol. The van der Waals surface area contributed by atoms with Gasteiger partial charge in [-0.2, -0.15) is 13.2 Å². The van der Waals surface area contributed by atoms with E-state index in [1.165, 1.54) is 12.3 Å². The number of fused-ring (bicyclic) bond motifs is 1. The topological polar surface area (TPSA) is 67.3 Å². The zero-order chi connectivity index (χ0) is 19.7. The number of aromatic nitrogens is 5. The second kappa shape index (κ2) is 6.99. The first kappa shape index (κ1) is 18.0. The molecule has 142 valence electrons. The summed E-state index contributed by atoms with van der Waals surface area (Å²) in [5, 5.41) is 0.661. The number of hydrogen-bond acceptors (Lipinski definition) is 4. The minimum absolute atomic E-state index is 0.0147. The van der Waals surface area contributed by atoms with Gasteiger partial charge in [0.2, 0.25) is 0 Å².